The number of amides is 1. The number of para-hydroxylation sites is 1. The third kappa shape index (κ3) is 4.63. The number of hydrogen-bond donors (Lipinski definition) is 0. The summed E-state index contributed by atoms with van der Waals surface area (Å²) >= 11 is 6.37. The van der Waals surface area contributed by atoms with Gasteiger partial charge in [-0.2, -0.15) is 10.1 Å². The molecule has 1 aliphatic rings. The van der Waals surface area contributed by atoms with Crippen LogP contribution >= 0.6 is 11.6 Å². The minimum Gasteiger partial charge on any atom is -0.490 e. The molecule has 0 saturated heterocycles. The zero-order valence-electron chi connectivity index (χ0n) is 16.8. The third-order valence-electron chi connectivity index (χ3n) is 4.27. The SMILES string of the molecule is CCOc1cc(/C=C2/C(=O)N(c3ccccc3)N=C2C)cc(Cl)c1OCC(=O)OC. The zero-order valence-corrected chi connectivity index (χ0v) is 17.6. The molecule has 0 spiro atoms. The van der Waals surface area contributed by atoms with Crippen LogP contribution in [0.25, 0.3) is 6.08 Å². The Labute approximate surface area is 179 Å². The Balaban J connectivity index is 1.92. The number of rotatable bonds is 7. The molecule has 1 amide bonds. The molecule has 0 atom stereocenters. The number of hydrazone groups is 1. The van der Waals surface area contributed by atoms with E-state index < -0.39 is 5.97 Å². The second-order valence-corrected chi connectivity index (χ2v) is 6.73. The Morgan fingerprint density at radius 2 is 1.93 bits per heavy atom. The van der Waals surface area contributed by atoms with Gasteiger partial charge in [0.2, 0.25) is 0 Å². The van der Waals surface area contributed by atoms with Crippen LogP contribution in [0.3, 0.4) is 0 Å². The summed E-state index contributed by atoms with van der Waals surface area (Å²) in [6.45, 7) is 3.66. The van der Waals surface area contributed by atoms with Gasteiger partial charge in [0, 0.05) is 0 Å². The number of anilines is 1. The molecule has 0 bridgehead atoms. The molecule has 1 aliphatic heterocycles. The molecular weight excluding hydrogens is 408 g/mol. The number of methoxy groups -OCH3 is 1. The van der Waals surface area contributed by atoms with Gasteiger partial charge in [-0.15, -0.1) is 0 Å². The molecule has 2 aromatic carbocycles. The number of nitrogens with zero attached hydrogens (tertiary/aromatic N) is 2. The lowest BCUT2D eigenvalue weighted by Crippen LogP contribution is -2.21. The van der Waals surface area contributed by atoms with E-state index in [1.54, 1.807) is 25.1 Å². The van der Waals surface area contributed by atoms with Crippen molar-refractivity contribution in [3.05, 3.63) is 58.6 Å². The van der Waals surface area contributed by atoms with Crippen molar-refractivity contribution >= 4 is 41.0 Å². The number of esters is 1. The molecule has 7 nitrogen and oxygen atoms in total. The number of halogens is 1. The maximum atomic E-state index is 12.9. The van der Waals surface area contributed by atoms with E-state index in [4.69, 9.17) is 21.1 Å². The van der Waals surface area contributed by atoms with Gasteiger partial charge in [0.15, 0.2) is 18.1 Å². The minimum absolute atomic E-state index is 0.236. The fourth-order valence-corrected chi connectivity index (χ4v) is 3.13. The van der Waals surface area contributed by atoms with Crippen molar-refractivity contribution in [2.24, 2.45) is 5.10 Å². The van der Waals surface area contributed by atoms with Crippen LogP contribution in [-0.4, -0.2) is 37.9 Å². The molecule has 0 aromatic heterocycles. The standard InChI is InChI=1S/C22H21ClN2O5/c1-4-29-19-12-15(11-18(23)21(19)30-13-20(26)28-3)10-17-14(2)24-25(22(17)27)16-8-6-5-7-9-16/h5-12H,4,13H2,1-3H3/b17-10+. The summed E-state index contributed by atoms with van der Waals surface area (Å²) in [5, 5.41) is 5.97. The molecule has 1 heterocycles. The molecule has 3 rings (SSSR count). The highest BCUT2D eigenvalue weighted by molar-refractivity contribution is 6.33. The van der Waals surface area contributed by atoms with Gasteiger partial charge in [-0.1, -0.05) is 29.8 Å². The molecule has 0 aliphatic carbocycles. The zero-order chi connectivity index (χ0) is 21.7. The first-order valence-electron chi connectivity index (χ1n) is 9.27. The van der Waals surface area contributed by atoms with Gasteiger partial charge in [0.05, 0.1) is 35.7 Å². The van der Waals surface area contributed by atoms with Crippen LogP contribution in [0.2, 0.25) is 5.02 Å². The van der Waals surface area contributed by atoms with Crippen molar-refractivity contribution in [3.8, 4) is 11.5 Å². The first-order chi connectivity index (χ1) is 14.4. The fourth-order valence-electron chi connectivity index (χ4n) is 2.86. The fraction of sp³-hybridized carbons (Fsp3) is 0.227. The van der Waals surface area contributed by atoms with Crippen LogP contribution in [0.15, 0.2) is 53.1 Å². The molecule has 0 fully saturated rings. The van der Waals surface area contributed by atoms with Crippen LogP contribution in [0.1, 0.15) is 19.4 Å². The van der Waals surface area contributed by atoms with E-state index in [-0.39, 0.29) is 23.3 Å². The smallest absolute Gasteiger partial charge is 0.343 e. The van der Waals surface area contributed by atoms with Crippen LogP contribution < -0.4 is 14.5 Å². The summed E-state index contributed by atoms with van der Waals surface area (Å²) in [5.74, 6) is -0.177. The summed E-state index contributed by atoms with van der Waals surface area (Å²) < 4.78 is 15.7. The summed E-state index contributed by atoms with van der Waals surface area (Å²) in [7, 11) is 1.27. The van der Waals surface area contributed by atoms with Crippen LogP contribution in [0.4, 0.5) is 5.69 Å². The van der Waals surface area contributed by atoms with Crippen molar-refractivity contribution in [1.29, 1.82) is 0 Å². The number of ether oxygens (including phenoxy) is 3. The molecule has 30 heavy (non-hydrogen) atoms. The first-order valence-corrected chi connectivity index (χ1v) is 9.65. The lowest BCUT2D eigenvalue weighted by atomic mass is 10.1. The lowest BCUT2D eigenvalue weighted by molar-refractivity contribution is -0.142. The highest BCUT2D eigenvalue weighted by atomic mass is 35.5. The normalized spacial score (nSPS) is 14.7. The van der Waals surface area contributed by atoms with E-state index >= 15 is 0 Å². The van der Waals surface area contributed by atoms with Gasteiger partial charge in [-0.05, 0) is 49.8 Å². The molecule has 0 saturated carbocycles. The van der Waals surface area contributed by atoms with E-state index in [0.717, 1.165) is 0 Å². The summed E-state index contributed by atoms with van der Waals surface area (Å²) in [5.41, 5.74) is 2.36. The molecular formula is C22H21ClN2O5. The Morgan fingerprint density at radius 1 is 1.20 bits per heavy atom. The average molecular weight is 429 g/mol. The van der Waals surface area contributed by atoms with Gasteiger partial charge >= 0.3 is 5.97 Å². The lowest BCUT2D eigenvalue weighted by Gasteiger charge is -2.14. The van der Waals surface area contributed by atoms with E-state index in [1.165, 1.54) is 12.1 Å². The van der Waals surface area contributed by atoms with Crippen molar-refractivity contribution in [2.45, 2.75) is 13.8 Å². The second-order valence-electron chi connectivity index (χ2n) is 6.32. The summed E-state index contributed by atoms with van der Waals surface area (Å²) in [6.07, 6.45) is 1.70. The quantitative estimate of drug-likeness (QED) is 0.490. The molecule has 0 unspecified atom stereocenters. The van der Waals surface area contributed by atoms with Gasteiger partial charge < -0.3 is 14.2 Å². The highest BCUT2D eigenvalue weighted by Gasteiger charge is 2.28. The predicted molar refractivity (Wildman–Crippen MR) is 115 cm³/mol. The number of benzene rings is 2. The topological polar surface area (TPSA) is 77.4 Å². The third-order valence-corrected chi connectivity index (χ3v) is 4.55. The van der Waals surface area contributed by atoms with Gasteiger partial charge in [-0.3, -0.25) is 4.79 Å². The largest absolute Gasteiger partial charge is 0.490 e. The molecule has 8 heteroatoms. The van der Waals surface area contributed by atoms with E-state index in [2.05, 4.69) is 9.84 Å². The maximum absolute atomic E-state index is 12.9. The van der Waals surface area contributed by atoms with E-state index in [1.807, 2.05) is 37.3 Å². The molecule has 2 aromatic rings. The molecule has 156 valence electrons. The van der Waals surface area contributed by atoms with Crippen LogP contribution in [0, 0.1) is 0 Å². The number of carbonyl (C=O) groups excluding carboxylic acids is 2. The van der Waals surface area contributed by atoms with Crippen molar-refractivity contribution in [1.82, 2.24) is 0 Å². The van der Waals surface area contributed by atoms with E-state index in [9.17, 15) is 9.59 Å². The summed E-state index contributed by atoms with van der Waals surface area (Å²) in [6, 6.07) is 12.5. The van der Waals surface area contributed by atoms with Gasteiger partial charge in [-0.25, -0.2) is 4.79 Å². The van der Waals surface area contributed by atoms with Gasteiger partial charge in [0.1, 0.15) is 0 Å². The Bertz CT molecular complexity index is 1020. The predicted octanol–water partition coefficient (Wildman–Crippen LogP) is 4.10. The highest BCUT2D eigenvalue weighted by Crippen LogP contribution is 2.38. The Kier molecular flexibility index (Phi) is 6.74. The van der Waals surface area contributed by atoms with Crippen molar-refractivity contribution < 1.29 is 23.8 Å². The molecule has 0 N–H and O–H groups in total. The van der Waals surface area contributed by atoms with Crippen molar-refractivity contribution in [2.75, 3.05) is 25.3 Å². The minimum atomic E-state index is -0.538. The average Bonchev–Trinajstić information content (AvgIpc) is 3.02. The Morgan fingerprint density at radius 3 is 2.60 bits per heavy atom. The first kappa shape index (κ1) is 21.4. The number of hydrogen-bond acceptors (Lipinski definition) is 6. The number of carbonyl (C=O) groups is 2. The van der Waals surface area contributed by atoms with Gasteiger partial charge in [0.25, 0.3) is 5.91 Å². The Hall–Kier alpha value is -3.32. The summed E-state index contributed by atoms with van der Waals surface area (Å²) in [4.78, 5) is 24.3. The maximum Gasteiger partial charge on any atom is 0.343 e. The molecule has 0 radical (unpaired) electrons. The van der Waals surface area contributed by atoms with Crippen molar-refractivity contribution in [3.63, 3.8) is 0 Å². The van der Waals surface area contributed by atoms with Crippen LogP contribution in [-0.2, 0) is 14.3 Å². The van der Waals surface area contributed by atoms with E-state index in [0.29, 0.717) is 34.9 Å². The second kappa shape index (κ2) is 9.45. The van der Waals surface area contributed by atoms with Crippen LogP contribution in [0.5, 0.6) is 11.5 Å². The monoisotopic (exact) mass is 428 g/mol.